The second-order valence-corrected chi connectivity index (χ2v) is 4.68. The average Bonchev–Trinajstić information content (AvgIpc) is 3.11. The summed E-state index contributed by atoms with van der Waals surface area (Å²) in [6.07, 6.45) is 2.04. The second kappa shape index (κ2) is 5.49. The first-order valence-electron chi connectivity index (χ1n) is 6.06. The Hall–Kier alpha value is -2.47. The van der Waals surface area contributed by atoms with Gasteiger partial charge in [-0.25, -0.2) is 9.07 Å². The van der Waals surface area contributed by atoms with Crippen molar-refractivity contribution in [3.63, 3.8) is 0 Å². The first-order chi connectivity index (χ1) is 10.2. The van der Waals surface area contributed by atoms with E-state index in [0.29, 0.717) is 17.7 Å². The maximum Gasteiger partial charge on any atom is 0.172 e. The van der Waals surface area contributed by atoms with E-state index in [1.807, 2.05) is 0 Å². The fourth-order valence-corrected chi connectivity index (χ4v) is 2.24. The number of hydrogen-bond acceptors (Lipinski definition) is 4. The molecule has 0 atom stereocenters. The molecule has 0 saturated carbocycles. The summed E-state index contributed by atoms with van der Waals surface area (Å²) in [5.74, 6) is -0.0226. The van der Waals surface area contributed by atoms with Crippen LogP contribution in [0.25, 0.3) is 11.5 Å². The number of aldehydes is 1. The van der Waals surface area contributed by atoms with Gasteiger partial charge in [0.1, 0.15) is 11.5 Å². The number of nitrogens with zero attached hydrogens (tertiary/aromatic N) is 3. The molecule has 21 heavy (non-hydrogen) atoms. The van der Waals surface area contributed by atoms with E-state index in [1.54, 1.807) is 18.2 Å². The van der Waals surface area contributed by atoms with Gasteiger partial charge in [-0.3, -0.25) is 4.79 Å². The van der Waals surface area contributed by atoms with Crippen molar-refractivity contribution in [3.05, 3.63) is 58.7 Å². The molecule has 0 aliphatic rings. The van der Waals surface area contributed by atoms with Crippen LogP contribution in [0, 0.1) is 5.82 Å². The van der Waals surface area contributed by atoms with Gasteiger partial charge in [0.25, 0.3) is 0 Å². The summed E-state index contributed by atoms with van der Waals surface area (Å²) in [7, 11) is 0. The van der Waals surface area contributed by atoms with Crippen LogP contribution in [-0.2, 0) is 6.54 Å². The topological polar surface area (TPSA) is 60.9 Å². The van der Waals surface area contributed by atoms with E-state index in [9.17, 15) is 9.18 Å². The summed E-state index contributed by atoms with van der Waals surface area (Å²) in [5.41, 5.74) is 0.779. The van der Waals surface area contributed by atoms with Crippen molar-refractivity contribution in [2.45, 2.75) is 6.54 Å². The van der Waals surface area contributed by atoms with E-state index < -0.39 is 5.82 Å². The van der Waals surface area contributed by atoms with Crippen molar-refractivity contribution in [2.75, 3.05) is 0 Å². The average molecular weight is 306 g/mol. The molecule has 0 radical (unpaired) electrons. The van der Waals surface area contributed by atoms with E-state index in [0.717, 1.165) is 0 Å². The lowest BCUT2D eigenvalue weighted by Gasteiger charge is -2.08. The fraction of sp³-hybridized carbons (Fsp3) is 0.0714. The molecule has 1 aromatic carbocycles. The van der Waals surface area contributed by atoms with Gasteiger partial charge in [0.2, 0.25) is 0 Å². The monoisotopic (exact) mass is 305 g/mol. The van der Waals surface area contributed by atoms with Crippen LogP contribution in [-0.4, -0.2) is 21.3 Å². The SMILES string of the molecule is O=Cc1nnn(Cc2c(F)cccc2Cl)c1-c1ccco1. The Morgan fingerprint density at radius 2 is 2.19 bits per heavy atom. The Kier molecular flexibility index (Phi) is 3.53. The third kappa shape index (κ3) is 2.45. The van der Waals surface area contributed by atoms with Crippen LogP contribution in [0.5, 0.6) is 0 Å². The van der Waals surface area contributed by atoms with Gasteiger partial charge in [0.05, 0.1) is 12.8 Å². The zero-order valence-corrected chi connectivity index (χ0v) is 11.4. The van der Waals surface area contributed by atoms with Crippen LogP contribution in [0.15, 0.2) is 41.0 Å². The van der Waals surface area contributed by atoms with Crippen molar-refractivity contribution < 1.29 is 13.6 Å². The standard InChI is InChI=1S/C14H9ClFN3O2/c15-10-3-1-4-11(16)9(10)7-19-14(12(8-20)17-18-19)13-5-2-6-21-13/h1-6,8H,7H2. The highest BCUT2D eigenvalue weighted by Gasteiger charge is 2.19. The summed E-state index contributed by atoms with van der Waals surface area (Å²) in [6, 6.07) is 7.77. The normalized spacial score (nSPS) is 10.8. The molecule has 2 aromatic heterocycles. The Balaban J connectivity index is 2.08. The van der Waals surface area contributed by atoms with Gasteiger partial charge in [-0.1, -0.05) is 22.9 Å². The first-order valence-corrected chi connectivity index (χ1v) is 6.44. The zero-order chi connectivity index (χ0) is 14.8. The van der Waals surface area contributed by atoms with Gasteiger partial charge in [-0.05, 0) is 24.3 Å². The van der Waals surface area contributed by atoms with Crippen LogP contribution in [0.2, 0.25) is 5.02 Å². The van der Waals surface area contributed by atoms with Gasteiger partial charge >= 0.3 is 0 Å². The van der Waals surface area contributed by atoms with Crippen molar-refractivity contribution in [2.24, 2.45) is 0 Å². The zero-order valence-electron chi connectivity index (χ0n) is 10.7. The molecule has 106 valence electrons. The Bertz CT molecular complexity index is 763. The number of rotatable bonds is 4. The van der Waals surface area contributed by atoms with E-state index >= 15 is 0 Å². The van der Waals surface area contributed by atoms with Gasteiger partial charge in [-0.2, -0.15) is 0 Å². The lowest BCUT2D eigenvalue weighted by Crippen LogP contribution is -2.06. The largest absolute Gasteiger partial charge is 0.463 e. The molecular weight excluding hydrogens is 297 g/mol. The minimum atomic E-state index is -0.448. The number of aromatic nitrogens is 3. The number of hydrogen-bond donors (Lipinski definition) is 0. The molecule has 0 aliphatic carbocycles. The van der Waals surface area contributed by atoms with E-state index in [-0.39, 0.29) is 22.8 Å². The van der Waals surface area contributed by atoms with Crippen molar-refractivity contribution in [3.8, 4) is 11.5 Å². The number of carbonyl (C=O) groups is 1. The molecule has 0 fully saturated rings. The molecule has 0 spiro atoms. The first kappa shape index (κ1) is 13.5. The molecular formula is C14H9ClFN3O2. The van der Waals surface area contributed by atoms with E-state index in [2.05, 4.69) is 10.3 Å². The Morgan fingerprint density at radius 1 is 1.33 bits per heavy atom. The Labute approximate surface area is 123 Å². The lowest BCUT2D eigenvalue weighted by molar-refractivity contribution is 0.111. The lowest BCUT2D eigenvalue weighted by atomic mass is 10.2. The number of furan rings is 1. The van der Waals surface area contributed by atoms with E-state index in [4.69, 9.17) is 16.0 Å². The minimum absolute atomic E-state index is 0.0440. The maximum absolute atomic E-state index is 13.9. The van der Waals surface area contributed by atoms with Gasteiger partial charge in [-0.15, -0.1) is 5.10 Å². The minimum Gasteiger partial charge on any atom is -0.463 e. The molecule has 2 heterocycles. The van der Waals surface area contributed by atoms with Gasteiger partial charge < -0.3 is 4.42 Å². The molecule has 7 heteroatoms. The number of carbonyl (C=O) groups excluding carboxylic acids is 1. The van der Waals surface area contributed by atoms with E-state index in [1.165, 1.54) is 23.1 Å². The van der Waals surface area contributed by atoms with Crippen LogP contribution < -0.4 is 0 Å². The Morgan fingerprint density at radius 3 is 2.86 bits per heavy atom. The molecule has 0 unspecified atom stereocenters. The van der Waals surface area contributed by atoms with Crippen molar-refractivity contribution in [1.29, 1.82) is 0 Å². The van der Waals surface area contributed by atoms with Crippen molar-refractivity contribution >= 4 is 17.9 Å². The molecule has 0 amide bonds. The highest BCUT2D eigenvalue weighted by molar-refractivity contribution is 6.31. The summed E-state index contributed by atoms with van der Waals surface area (Å²) in [6.45, 7) is 0.0440. The van der Waals surface area contributed by atoms with Crippen LogP contribution in [0.4, 0.5) is 4.39 Å². The third-order valence-electron chi connectivity index (χ3n) is 3.00. The number of benzene rings is 1. The predicted octanol–water partition coefficient (Wildman–Crippen LogP) is 3.19. The summed E-state index contributed by atoms with van der Waals surface area (Å²) < 4.78 is 20.5. The quantitative estimate of drug-likeness (QED) is 0.695. The van der Waals surface area contributed by atoms with Crippen molar-refractivity contribution in [1.82, 2.24) is 15.0 Å². The molecule has 0 N–H and O–H groups in total. The highest BCUT2D eigenvalue weighted by Crippen LogP contribution is 2.25. The molecule has 3 rings (SSSR count). The summed E-state index contributed by atoms with van der Waals surface area (Å²) >= 11 is 6.00. The van der Waals surface area contributed by atoms with Crippen LogP contribution >= 0.6 is 11.6 Å². The highest BCUT2D eigenvalue weighted by atomic mass is 35.5. The molecule has 5 nitrogen and oxygen atoms in total. The molecule has 3 aromatic rings. The van der Waals surface area contributed by atoms with Crippen LogP contribution in [0.3, 0.4) is 0 Å². The summed E-state index contributed by atoms with van der Waals surface area (Å²) in [4.78, 5) is 11.1. The molecule has 0 bridgehead atoms. The molecule has 0 aliphatic heterocycles. The smallest absolute Gasteiger partial charge is 0.172 e. The molecule has 0 saturated heterocycles. The maximum atomic E-state index is 13.9. The second-order valence-electron chi connectivity index (χ2n) is 4.28. The fourth-order valence-electron chi connectivity index (χ4n) is 2.02. The number of halogens is 2. The summed E-state index contributed by atoms with van der Waals surface area (Å²) in [5, 5.41) is 7.92. The van der Waals surface area contributed by atoms with Crippen LogP contribution in [0.1, 0.15) is 16.1 Å². The predicted molar refractivity (Wildman–Crippen MR) is 73.6 cm³/mol. The van der Waals surface area contributed by atoms with Gasteiger partial charge in [0, 0.05) is 10.6 Å². The third-order valence-corrected chi connectivity index (χ3v) is 3.35. The van der Waals surface area contributed by atoms with Gasteiger partial charge in [0.15, 0.2) is 17.7 Å².